The number of carbonyl (C=O) groups is 1. The molecule has 5 aromatic rings. The van der Waals surface area contributed by atoms with E-state index in [-0.39, 0.29) is 69.6 Å². The lowest BCUT2D eigenvalue weighted by molar-refractivity contribution is 0.0558. The van der Waals surface area contributed by atoms with Crippen LogP contribution in [0.1, 0.15) is 66.6 Å². The van der Waals surface area contributed by atoms with Crippen LogP contribution in [0.5, 0.6) is 40.2 Å². The summed E-state index contributed by atoms with van der Waals surface area (Å²) in [5.41, 5.74) is 2.32. The lowest BCUT2D eigenvalue weighted by atomic mass is 9.66. The largest absolute Gasteiger partial charge is 0.508 e. The number of fused-ring (bicyclic) bond motifs is 5. The summed E-state index contributed by atoms with van der Waals surface area (Å²) >= 11 is 0. The number of rotatable bonds is 6. The van der Waals surface area contributed by atoms with E-state index < -0.39 is 17.3 Å². The third-order valence-corrected chi connectivity index (χ3v) is 9.24. The van der Waals surface area contributed by atoms with E-state index in [1.54, 1.807) is 18.2 Å². The van der Waals surface area contributed by atoms with Gasteiger partial charge in [-0.25, -0.2) is 0 Å². The van der Waals surface area contributed by atoms with Crippen molar-refractivity contribution in [3.8, 4) is 51.6 Å². The van der Waals surface area contributed by atoms with Crippen LogP contribution in [0.2, 0.25) is 0 Å². The van der Waals surface area contributed by atoms with Gasteiger partial charge in [-0.15, -0.1) is 0 Å². The summed E-state index contributed by atoms with van der Waals surface area (Å²) in [5.74, 6) is -1.43. The molecule has 1 aliphatic carbocycles. The second kappa shape index (κ2) is 11.2. The number of allylic oxidation sites excluding steroid dienone is 3. The molecule has 7 rings (SSSR count). The van der Waals surface area contributed by atoms with Crippen LogP contribution >= 0.6 is 0 Å². The third-order valence-electron chi connectivity index (χ3n) is 9.24. The first kappa shape index (κ1) is 30.8. The number of Topliss-reactive ketones (excluding diaryl/α,β-unsaturated/α-hetero) is 1. The summed E-state index contributed by atoms with van der Waals surface area (Å²) in [4.78, 5) is 14.7. The Morgan fingerprint density at radius 1 is 0.875 bits per heavy atom. The monoisotopic (exact) mass is 646 g/mol. The summed E-state index contributed by atoms with van der Waals surface area (Å²) in [5, 5.41) is 65.9. The average Bonchev–Trinajstić information content (AvgIpc) is 3.43. The maximum Gasteiger partial charge on any atom is 0.193 e. The normalized spacial score (nSPS) is 18.4. The van der Waals surface area contributed by atoms with Crippen LogP contribution in [0, 0.1) is 0 Å². The number of phenols is 6. The van der Waals surface area contributed by atoms with Gasteiger partial charge in [0.25, 0.3) is 0 Å². The number of ketones is 1. The molecule has 9 nitrogen and oxygen atoms in total. The molecule has 0 saturated heterocycles. The van der Waals surface area contributed by atoms with E-state index in [2.05, 4.69) is 0 Å². The number of aromatic hydroxyl groups is 6. The molecule has 244 valence electrons. The Balaban J connectivity index is 1.43. The lowest BCUT2D eigenvalue weighted by Crippen LogP contribution is -2.43. The molecule has 0 fully saturated rings. The van der Waals surface area contributed by atoms with E-state index >= 15 is 0 Å². The minimum Gasteiger partial charge on any atom is -0.508 e. The minimum atomic E-state index is -0.880. The SMILES string of the molecule is CC(C)=CCc1c(O)ccc(C(=O)C2=C(c3c(O)cc(-c4cc5ccc(O)cc5o4)cc3O)CC3(C)CC2c2ccc(O)cc2O3)c1O. The molecule has 1 aromatic heterocycles. The lowest BCUT2D eigenvalue weighted by Gasteiger charge is -2.45. The molecule has 2 unspecified atom stereocenters. The molecule has 1 aliphatic heterocycles. The van der Waals surface area contributed by atoms with Crippen LogP contribution in [0.15, 0.2) is 88.4 Å². The van der Waals surface area contributed by atoms with Crippen LogP contribution in [0.25, 0.3) is 27.9 Å². The zero-order valence-electron chi connectivity index (χ0n) is 26.5. The van der Waals surface area contributed by atoms with E-state index in [1.807, 2.05) is 26.8 Å². The smallest absolute Gasteiger partial charge is 0.193 e. The van der Waals surface area contributed by atoms with Crippen LogP contribution in [-0.2, 0) is 6.42 Å². The first-order valence-corrected chi connectivity index (χ1v) is 15.6. The molecule has 2 aliphatic rings. The predicted octanol–water partition coefficient (Wildman–Crippen LogP) is 8.21. The molecular formula is C39H34O9. The fraction of sp³-hybridized carbons (Fsp3) is 0.205. The van der Waals surface area contributed by atoms with Crippen LogP contribution in [0.4, 0.5) is 0 Å². The molecule has 2 heterocycles. The number of furan rings is 1. The highest BCUT2D eigenvalue weighted by Crippen LogP contribution is 2.57. The number of benzene rings is 4. The molecule has 9 heteroatoms. The summed E-state index contributed by atoms with van der Waals surface area (Å²) in [7, 11) is 0. The maximum atomic E-state index is 14.7. The van der Waals surface area contributed by atoms with Crippen LogP contribution in [0.3, 0.4) is 0 Å². The van der Waals surface area contributed by atoms with Gasteiger partial charge in [0.2, 0.25) is 0 Å². The maximum absolute atomic E-state index is 14.7. The van der Waals surface area contributed by atoms with Crippen molar-refractivity contribution in [3.05, 3.63) is 106 Å². The Bertz CT molecular complexity index is 2190. The van der Waals surface area contributed by atoms with Gasteiger partial charge in [0.1, 0.15) is 57.2 Å². The standard InChI is InChI=1S/C39H34O9/c1-19(2)4-8-25-29(42)11-10-26(37(25)45)38(46)35-27-17-39(3,48-34-16-23(41)7-9-24(27)34)18-28(35)36-30(43)12-21(13-31(36)44)32-14-20-5-6-22(40)15-33(20)47-32/h4-7,9-16,27,40-45H,8,17-18H2,1-3H3. The number of hydrogen-bond acceptors (Lipinski definition) is 9. The van der Waals surface area contributed by atoms with Crippen molar-refractivity contribution in [2.75, 3.05) is 0 Å². The number of carbonyl (C=O) groups excluding carboxylic acids is 1. The number of hydrogen-bond donors (Lipinski definition) is 6. The van der Waals surface area contributed by atoms with Crippen LogP contribution < -0.4 is 4.74 Å². The Labute approximate surface area is 275 Å². The fourth-order valence-electron chi connectivity index (χ4n) is 7.00. The van der Waals surface area contributed by atoms with Crippen LogP contribution in [-0.4, -0.2) is 42.0 Å². The molecule has 2 atom stereocenters. The average molecular weight is 647 g/mol. The third kappa shape index (κ3) is 5.17. The summed E-state index contributed by atoms with van der Waals surface area (Å²) in [6.45, 7) is 5.65. The van der Waals surface area contributed by atoms with Gasteiger partial charge in [-0.3, -0.25) is 4.79 Å². The molecular weight excluding hydrogens is 612 g/mol. The second-order valence-corrected chi connectivity index (χ2v) is 13.1. The van der Waals surface area contributed by atoms with Crippen molar-refractivity contribution in [3.63, 3.8) is 0 Å². The van der Waals surface area contributed by atoms with E-state index in [9.17, 15) is 35.4 Å². The van der Waals surface area contributed by atoms with E-state index in [1.165, 1.54) is 48.5 Å². The van der Waals surface area contributed by atoms with Gasteiger partial charge < -0.3 is 39.8 Å². The van der Waals surface area contributed by atoms with Gasteiger partial charge in [-0.1, -0.05) is 17.7 Å². The molecule has 0 saturated carbocycles. The van der Waals surface area contributed by atoms with Crippen molar-refractivity contribution in [2.24, 2.45) is 0 Å². The highest BCUT2D eigenvalue weighted by molar-refractivity contribution is 6.17. The van der Waals surface area contributed by atoms with Crippen molar-refractivity contribution >= 4 is 22.3 Å². The molecule has 0 amide bonds. The van der Waals surface area contributed by atoms with Gasteiger partial charge in [0, 0.05) is 52.1 Å². The molecule has 48 heavy (non-hydrogen) atoms. The fourth-order valence-corrected chi connectivity index (χ4v) is 7.00. The Morgan fingerprint density at radius 3 is 2.31 bits per heavy atom. The summed E-state index contributed by atoms with van der Waals surface area (Å²) < 4.78 is 12.3. The number of phenolic OH excluding ortho intramolecular Hbond substituents is 6. The summed E-state index contributed by atoms with van der Waals surface area (Å²) in [6, 6.07) is 16.7. The van der Waals surface area contributed by atoms with Gasteiger partial charge in [0.05, 0.1) is 11.1 Å². The van der Waals surface area contributed by atoms with Crippen molar-refractivity contribution in [1.29, 1.82) is 0 Å². The van der Waals surface area contributed by atoms with E-state index in [0.717, 1.165) is 5.57 Å². The molecule has 6 N–H and O–H groups in total. The van der Waals surface area contributed by atoms with Gasteiger partial charge in [0.15, 0.2) is 5.78 Å². The minimum absolute atomic E-state index is 0.00109. The molecule has 0 spiro atoms. The van der Waals surface area contributed by atoms with E-state index in [0.29, 0.717) is 45.6 Å². The molecule has 2 bridgehead atoms. The van der Waals surface area contributed by atoms with Crippen molar-refractivity contribution in [2.45, 2.75) is 51.6 Å². The summed E-state index contributed by atoms with van der Waals surface area (Å²) in [6.07, 6.45) is 2.52. The van der Waals surface area contributed by atoms with Gasteiger partial charge >= 0.3 is 0 Å². The Kier molecular flexibility index (Phi) is 7.16. The zero-order valence-corrected chi connectivity index (χ0v) is 26.5. The van der Waals surface area contributed by atoms with Gasteiger partial charge in [-0.05, 0) is 87.7 Å². The van der Waals surface area contributed by atoms with Crippen molar-refractivity contribution in [1.82, 2.24) is 0 Å². The predicted molar refractivity (Wildman–Crippen MR) is 180 cm³/mol. The zero-order chi connectivity index (χ0) is 34.1. The number of ether oxygens (including phenoxy) is 1. The van der Waals surface area contributed by atoms with Gasteiger partial charge in [-0.2, -0.15) is 0 Å². The topological polar surface area (TPSA) is 161 Å². The first-order chi connectivity index (χ1) is 22.8. The highest BCUT2D eigenvalue weighted by Gasteiger charge is 2.48. The Hall–Kier alpha value is -5.83. The highest BCUT2D eigenvalue weighted by atomic mass is 16.5. The molecule has 4 aromatic carbocycles. The Morgan fingerprint density at radius 2 is 1.58 bits per heavy atom. The van der Waals surface area contributed by atoms with E-state index in [4.69, 9.17) is 9.15 Å². The quantitative estimate of drug-likeness (QED) is 0.0789. The molecule has 0 radical (unpaired) electrons. The first-order valence-electron chi connectivity index (χ1n) is 15.6. The second-order valence-electron chi connectivity index (χ2n) is 13.1. The van der Waals surface area contributed by atoms with Crippen molar-refractivity contribution < 1.29 is 44.6 Å².